The van der Waals surface area contributed by atoms with Crippen molar-refractivity contribution in [2.24, 2.45) is 0 Å². The van der Waals surface area contributed by atoms with Crippen LogP contribution >= 0.6 is 0 Å². The van der Waals surface area contributed by atoms with Gasteiger partial charge < -0.3 is 20.1 Å². The fourth-order valence-corrected chi connectivity index (χ4v) is 1.62. The molecule has 1 aromatic rings. The first kappa shape index (κ1) is 15.3. The molecule has 1 unspecified atom stereocenters. The van der Waals surface area contributed by atoms with E-state index in [1.807, 2.05) is 19.1 Å². The summed E-state index contributed by atoms with van der Waals surface area (Å²) >= 11 is 0. The first-order valence-electron chi connectivity index (χ1n) is 6.38. The average Bonchev–Trinajstić information content (AvgIpc) is 2.44. The van der Waals surface area contributed by atoms with E-state index in [2.05, 4.69) is 10.6 Å². The minimum Gasteiger partial charge on any atom is -0.497 e. The van der Waals surface area contributed by atoms with Gasteiger partial charge in [0.2, 0.25) is 0 Å². The zero-order valence-electron chi connectivity index (χ0n) is 11.9. The fraction of sp³-hybridized carbons (Fsp3) is 0.500. The van der Waals surface area contributed by atoms with Crippen molar-refractivity contribution in [3.05, 3.63) is 23.8 Å². The molecule has 1 aromatic carbocycles. The van der Waals surface area contributed by atoms with Gasteiger partial charge in [0.25, 0.3) is 5.91 Å². The molecule has 0 aliphatic rings. The lowest BCUT2D eigenvalue weighted by atomic mass is 10.2. The maximum Gasteiger partial charge on any atom is 0.260 e. The number of nitrogens with one attached hydrogen (secondary N) is 2. The van der Waals surface area contributed by atoms with Crippen molar-refractivity contribution in [3.63, 3.8) is 0 Å². The van der Waals surface area contributed by atoms with E-state index in [-0.39, 0.29) is 5.91 Å². The zero-order chi connectivity index (χ0) is 14.3. The van der Waals surface area contributed by atoms with Crippen molar-refractivity contribution < 1.29 is 14.3 Å². The van der Waals surface area contributed by atoms with Gasteiger partial charge in [-0.3, -0.25) is 4.79 Å². The van der Waals surface area contributed by atoms with Crippen LogP contribution in [0.2, 0.25) is 0 Å². The van der Waals surface area contributed by atoms with Gasteiger partial charge in [-0.1, -0.05) is 13.0 Å². The molecule has 0 heterocycles. The zero-order valence-corrected chi connectivity index (χ0v) is 11.9. The molecule has 5 nitrogen and oxygen atoms in total. The van der Waals surface area contributed by atoms with Crippen molar-refractivity contribution >= 4 is 5.91 Å². The number of amides is 1. The molecule has 0 aromatic heterocycles. The summed E-state index contributed by atoms with van der Waals surface area (Å²) in [5.41, 5.74) is 0.999. The Bertz CT molecular complexity index is 421. The van der Waals surface area contributed by atoms with Gasteiger partial charge in [0.05, 0.1) is 7.11 Å². The molecule has 1 amide bonds. The lowest BCUT2D eigenvalue weighted by Crippen LogP contribution is -2.34. The maximum absolute atomic E-state index is 11.5. The van der Waals surface area contributed by atoms with Crippen molar-refractivity contribution in [1.29, 1.82) is 0 Å². The van der Waals surface area contributed by atoms with Gasteiger partial charge in [-0.25, -0.2) is 0 Å². The number of carbonyl (C=O) groups is 1. The largest absolute Gasteiger partial charge is 0.497 e. The lowest BCUT2D eigenvalue weighted by molar-refractivity contribution is -0.126. The smallest absolute Gasteiger partial charge is 0.260 e. The number of likely N-dealkylation sites (N-methyl/N-ethyl adjacent to an activating group) is 1. The normalized spacial score (nSPS) is 11.8. The molecule has 0 fully saturated rings. The molecular formula is C14H22N2O3. The van der Waals surface area contributed by atoms with Crippen LogP contribution in [0.4, 0.5) is 0 Å². The Morgan fingerprint density at radius 1 is 1.42 bits per heavy atom. The molecule has 106 valence electrons. The average molecular weight is 266 g/mol. The summed E-state index contributed by atoms with van der Waals surface area (Å²) in [7, 11) is 3.19. The van der Waals surface area contributed by atoms with Crippen LogP contribution in [0.25, 0.3) is 0 Å². The van der Waals surface area contributed by atoms with Crippen LogP contribution in [-0.2, 0) is 11.3 Å². The van der Waals surface area contributed by atoms with Crippen LogP contribution in [0.3, 0.4) is 0 Å². The van der Waals surface area contributed by atoms with Gasteiger partial charge in [0.1, 0.15) is 11.5 Å². The first-order valence-corrected chi connectivity index (χ1v) is 6.38. The Hall–Kier alpha value is -1.75. The summed E-state index contributed by atoms with van der Waals surface area (Å²) in [5, 5.41) is 5.80. The van der Waals surface area contributed by atoms with Gasteiger partial charge in [0.15, 0.2) is 6.10 Å². The Morgan fingerprint density at radius 2 is 2.16 bits per heavy atom. The standard InChI is InChI=1S/C14H22N2O3/c1-5-16-9-11-6-7-12(18-4)8-13(11)19-10(2)14(17)15-3/h6-8,10,16H,5,9H2,1-4H3,(H,15,17). The molecule has 5 heteroatoms. The predicted molar refractivity (Wildman–Crippen MR) is 74.5 cm³/mol. The molecular weight excluding hydrogens is 244 g/mol. The second-order valence-electron chi connectivity index (χ2n) is 4.13. The Labute approximate surface area is 114 Å². The highest BCUT2D eigenvalue weighted by molar-refractivity contribution is 5.80. The highest BCUT2D eigenvalue weighted by atomic mass is 16.5. The lowest BCUT2D eigenvalue weighted by Gasteiger charge is -2.17. The van der Waals surface area contributed by atoms with E-state index in [1.54, 1.807) is 27.1 Å². The summed E-state index contributed by atoms with van der Waals surface area (Å²) in [5.74, 6) is 1.22. The number of benzene rings is 1. The monoisotopic (exact) mass is 266 g/mol. The minimum atomic E-state index is -0.544. The number of ether oxygens (including phenoxy) is 2. The predicted octanol–water partition coefficient (Wildman–Crippen LogP) is 1.32. The number of hydrogen-bond acceptors (Lipinski definition) is 4. The van der Waals surface area contributed by atoms with Gasteiger partial charge >= 0.3 is 0 Å². The van der Waals surface area contributed by atoms with E-state index >= 15 is 0 Å². The van der Waals surface area contributed by atoms with E-state index in [0.717, 1.165) is 12.1 Å². The second kappa shape index (κ2) is 7.63. The number of rotatable bonds is 7. The summed E-state index contributed by atoms with van der Waals surface area (Å²) in [6.07, 6.45) is -0.544. The number of hydrogen-bond donors (Lipinski definition) is 2. The van der Waals surface area contributed by atoms with Gasteiger partial charge in [-0.15, -0.1) is 0 Å². The van der Waals surface area contributed by atoms with Crippen LogP contribution in [-0.4, -0.2) is 32.7 Å². The quantitative estimate of drug-likeness (QED) is 0.781. The van der Waals surface area contributed by atoms with E-state index in [1.165, 1.54) is 0 Å². The van der Waals surface area contributed by atoms with E-state index in [9.17, 15) is 4.79 Å². The van der Waals surface area contributed by atoms with Crippen molar-refractivity contribution in [1.82, 2.24) is 10.6 Å². The van der Waals surface area contributed by atoms with Crippen molar-refractivity contribution in [3.8, 4) is 11.5 Å². The molecule has 1 rings (SSSR count). The topological polar surface area (TPSA) is 59.6 Å². The minimum absolute atomic E-state index is 0.155. The molecule has 0 bridgehead atoms. The highest BCUT2D eigenvalue weighted by Crippen LogP contribution is 2.25. The first-order chi connectivity index (χ1) is 9.12. The van der Waals surface area contributed by atoms with Gasteiger partial charge in [-0.05, 0) is 19.5 Å². The van der Waals surface area contributed by atoms with Crippen LogP contribution in [0, 0.1) is 0 Å². The third kappa shape index (κ3) is 4.44. The van der Waals surface area contributed by atoms with Crippen molar-refractivity contribution in [2.45, 2.75) is 26.5 Å². The van der Waals surface area contributed by atoms with E-state index < -0.39 is 6.10 Å². The molecule has 0 spiro atoms. The Morgan fingerprint density at radius 3 is 2.74 bits per heavy atom. The molecule has 0 radical (unpaired) electrons. The molecule has 0 aliphatic carbocycles. The van der Waals surface area contributed by atoms with E-state index in [4.69, 9.17) is 9.47 Å². The molecule has 1 atom stereocenters. The van der Waals surface area contributed by atoms with Crippen LogP contribution in [0.15, 0.2) is 18.2 Å². The van der Waals surface area contributed by atoms with E-state index in [0.29, 0.717) is 18.0 Å². The Balaban J connectivity index is 2.90. The Kier molecular flexibility index (Phi) is 6.15. The van der Waals surface area contributed by atoms with Gasteiger partial charge in [-0.2, -0.15) is 0 Å². The molecule has 0 saturated carbocycles. The van der Waals surface area contributed by atoms with Crippen LogP contribution in [0.5, 0.6) is 11.5 Å². The summed E-state index contributed by atoms with van der Waals surface area (Å²) in [6.45, 7) is 5.32. The summed E-state index contributed by atoms with van der Waals surface area (Å²) < 4.78 is 10.9. The molecule has 0 saturated heterocycles. The third-order valence-corrected chi connectivity index (χ3v) is 2.76. The van der Waals surface area contributed by atoms with Crippen LogP contribution in [0.1, 0.15) is 19.4 Å². The summed E-state index contributed by atoms with van der Waals surface area (Å²) in [6, 6.07) is 5.61. The highest BCUT2D eigenvalue weighted by Gasteiger charge is 2.15. The molecule has 2 N–H and O–H groups in total. The number of methoxy groups -OCH3 is 1. The number of carbonyl (C=O) groups excluding carboxylic acids is 1. The van der Waals surface area contributed by atoms with Crippen molar-refractivity contribution in [2.75, 3.05) is 20.7 Å². The SMILES string of the molecule is CCNCc1ccc(OC)cc1OC(C)C(=O)NC. The third-order valence-electron chi connectivity index (χ3n) is 2.76. The van der Waals surface area contributed by atoms with Gasteiger partial charge in [0, 0.05) is 25.2 Å². The molecule has 19 heavy (non-hydrogen) atoms. The van der Waals surface area contributed by atoms with Crippen LogP contribution < -0.4 is 20.1 Å². The molecule has 0 aliphatic heterocycles. The second-order valence-corrected chi connectivity index (χ2v) is 4.13. The maximum atomic E-state index is 11.5. The fourth-order valence-electron chi connectivity index (χ4n) is 1.62. The summed E-state index contributed by atoms with van der Waals surface area (Å²) in [4.78, 5) is 11.5.